The van der Waals surface area contributed by atoms with E-state index < -0.39 is 39.5 Å². The molecule has 0 aliphatic rings. The summed E-state index contributed by atoms with van der Waals surface area (Å²) in [5.41, 5.74) is 2.28. The number of rotatable bonds is 1. The van der Waals surface area contributed by atoms with Crippen molar-refractivity contribution in [3.05, 3.63) is 33.6 Å². The lowest BCUT2D eigenvalue weighted by molar-refractivity contribution is 0.0992. The predicted molar refractivity (Wildman–Crippen MR) is 44.6 cm³/mol. The summed E-state index contributed by atoms with van der Waals surface area (Å²) in [5, 5.41) is 7.22. The van der Waals surface area contributed by atoms with E-state index in [-0.39, 0.29) is 0 Å². The Labute approximate surface area is 86.9 Å². The first-order chi connectivity index (χ1) is 6.91. The van der Waals surface area contributed by atoms with Crippen LogP contribution in [0.15, 0.2) is 0 Å². The zero-order chi connectivity index (χ0) is 11.7. The zero-order valence-electron chi connectivity index (χ0n) is 6.94. The monoisotopic (exact) mass is 234 g/mol. The highest BCUT2D eigenvalue weighted by Crippen LogP contribution is 2.28. The number of nitriles is 1. The number of carbonyl (C=O) groups excluding carboxylic acids is 1. The Morgan fingerprint density at radius 2 is 1.80 bits per heavy atom. The molecule has 3 nitrogen and oxygen atoms in total. The van der Waals surface area contributed by atoms with Gasteiger partial charge in [0.2, 0.25) is 0 Å². The van der Waals surface area contributed by atoms with Gasteiger partial charge in [0, 0.05) is 0 Å². The van der Waals surface area contributed by atoms with Crippen LogP contribution in [0.1, 0.15) is 15.9 Å². The summed E-state index contributed by atoms with van der Waals surface area (Å²) in [6.45, 7) is 0. The van der Waals surface area contributed by atoms with Gasteiger partial charge in [-0.15, -0.1) is 0 Å². The van der Waals surface area contributed by atoms with E-state index in [1.54, 1.807) is 0 Å². The first-order valence-corrected chi connectivity index (χ1v) is 3.85. The number of nitrogens with two attached hydrogens (primary N) is 1. The molecule has 1 aromatic rings. The Bertz CT molecular complexity index is 496. The summed E-state index contributed by atoms with van der Waals surface area (Å²) in [5.74, 6) is -6.29. The molecule has 7 heteroatoms. The molecule has 0 heterocycles. The van der Waals surface area contributed by atoms with E-state index in [1.807, 2.05) is 0 Å². The molecular formula is C8H2ClF3N2O. The molecule has 0 unspecified atom stereocenters. The van der Waals surface area contributed by atoms with Crippen LogP contribution in [0, 0.1) is 28.8 Å². The topological polar surface area (TPSA) is 66.9 Å². The number of hydrogen-bond donors (Lipinski definition) is 1. The number of halogens is 4. The van der Waals surface area contributed by atoms with E-state index >= 15 is 0 Å². The van der Waals surface area contributed by atoms with Gasteiger partial charge in [-0.05, 0) is 0 Å². The van der Waals surface area contributed by atoms with Gasteiger partial charge in [-0.3, -0.25) is 4.79 Å². The molecule has 0 aliphatic carbocycles. The van der Waals surface area contributed by atoms with Crippen LogP contribution in [0.2, 0.25) is 5.02 Å². The van der Waals surface area contributed by atoms with Crippen LogP contribution in [0.3, 0.4) is 0 Å². The molecule has 1 aromatic carbocycles. The molecule has 0 spiro atoms. The summed E-state index contributed by atoms with van der Waals surface area (Å²) in [6, 6.07) is 1.12. The van der Waals surface area contributed by atoms with Gasteiger partial charge in [-0.25, -0.2) is 13.2 Å². The Kier molecular flexibility index (Phi) is 2.86. The van der Waals surface area contributed by atoms with E-state index in [2.05, 4.69) is 5.73 Å². The van der Waals surface area contributed by atoms with Crippen LogP contribution in [0.4, 0.5) is 13.2 Å². The van der Waals surface area contributed by atoms with Crippen LogP contribution in [-0.2, 0) is 0 Å². The summed E-state index contributed by atoms with van der Waals surface area (Å²) in [6.07, 6.45) is 0. The number of primary amides is 1. The van der Waals surface area contributed by atoms with Gasteiger partial charge in [0.1, 0.15) is 22.2 Å². The van der Waals surface area contributed by atoms with E-state index in [4.69, 9.17) is 16.9 Å². The summed E-state index contributed by atoms with van der Waals surface area (Å²) >= 11 is 5.11. The first kappa shape index (κ1) is 11.3. The van der Waals surface area contributed by atoms with Crippen molar-refractivity contribution in [3.63, 3.8) is 0 Å². The Balaban J connectivity index is 3.78. The minimum absolute atomic E-state index is 1.12. The Hall–Kier alpha value is -1.74. The smallest absolute Gasteiger partial charge is 0.254 e. The molecule has 0 aliphatic heterocycles. The van der Waals surface area contributed by atoms with E-state index in [0.29, 0.717) is 0 Å². The van der Waals surface area contributed by atoms with Crippen molar-refractivity contribution in [2.75, 3.05) is 0 Å². The minimum Gasteiger partial charge on any atom is -0.365 e. The Morgan fingerprint density at radius 3 is 2.20 bits per heavy atom. The van der Waals surface area contributed by atoms with Crippen molar-refractivity contribution in [2.45, 2.75) is 0 Å². The third-order valence-electron chi connectivity index (χ3n) is 1.62. The second-order valence-electron chi connectivity index (χ2n) is 2.48. The molecule has 1 rings (SSSR count). The molecule has 0 bridgehead atoms. The molecule has 0 radical (unpaired) electrons. The maximum atomic E-state index is 13.2. The molecule has 78 valence electrons. The van der Waals surface area contributed by atoms with Gasteiger partial charge in [0.15, 0.2) is 17.5 Å². The van der Waals surface area contributed by atoms with Gasteiger partial charge >= 0.3 is 0 Å². The minimum atomic E-state index is -1.65. The standard InChI is InChI=1S/C8H2ClF3N2O/c9-4-6(11)2(1-13)5(10)3(7(4)12)8(14)15/h(H2,14,15). The molecule has 0 fully saturated rings. The van der Waals surface area contributed by atoms with Crippen LogP contribution in [0.25, 0.3) is 0 Å². The molecule has 2 N–H and O–H groups in total. The largest absolute Gasteiger partial charge is 0.365 e. The number of amides is 1. The molecule has 0 aromatic heterocycles. The number of carbonyl (C=O) groups is 1. The maximum Gasteiger partial charge on any atom is 0.254 e. The summed E-state index contributed by atoms with van der Waals surface area (Å²) in [7, 11) is 0. The highest BCUT2D eigenvalue weighted by Gasteiger charge is 2.26. The van der Waals surface area contributed by atoms with E-state index in [1.165, 1.54) is 0 Å². The lowest BCUT2D eigenvalue weighted by atomic mass is 10.1. The fourth-order valence-corrected chi connectivity index (χ4v) is 1.14. The van der Waals surface area contributed by atoms with Gasteiger partial charge < -0.3 is 5.73 Å². The predicted octanol–water partition coefficient (Wildman–Crippen LogP) is 1.73. The highest BCUT2D eigenvalue weighted by atomic mass is 35.5. The molecular weight excluding hydrogens is 233 g/mol. The van der Waals surface area contributed by atoms with Crippen molar-refractivity contribution >= 4 is 17.5 Å². The van der Waals surface area contributed by atoms with Gasteiger partial charge in [0.05, 0.1) is 0 Å². The molecule has 0 saturated heterocycles. The number of nitrogens with zero attached hydrogens (tertiary/aromatic N) is 1. The molecule has 0 atom stereocenters. The third kappa shape index (κ3) is 1.62. The van der Waals surface area contributed by atoms with Gasteiger partial charge in [-0.1, -0.05) is 11.6 Å². The quantitative estimate of drug-likeness (QED) is 0.594. The van der Waals surface area contributed by atoms with Gasteiger partial charge in [0.25, 0.3) is 5.91 Å². The third-order valence-corrected chi connectivity index (χ3v) is 1.95. The van der Waals surface area contributed by atoms with Crippen molar-refractivity contribution < 1.29 is 18.0 Å². The fraction of sp³-hybridized carbons (Fsp3) is 0. The van der Waals surface area contributed by atoms with E-state index in [0.717, 1.165) is 6.07 Å². The number of hydrogen-bond acceptors (Lipinski definition) is 2. The maximum absolute atomic E-state index is 13.2. The number of benzene rings is 1. The molecule has 1 amide bonds. The normalized spacial score (nSPS) is 9.80. The average Bonchev–Trinajstić information content (AvgIpc) is 2.15. The van der Waals surface area contributed by atoms with Crippen LogP contribution in [0.5, 0.6) is 0 Å². The SMILES string of the molecule is N#Cc1c(F)c(Cl)c(F)c(C(N)=O)c1F. The summed E-state index contributed by atoms with van der Waals surface area (Å²) < 4.78 is 39.2. The zero-order valence-corrected chi connectivity index (χ0v) is 7.70. The lowest BCUT2D eigenvalue weighted by Crippen LogP contribution is -2.17. The van der Waals surface area contributed by atoms with Crippen LogP contribution in [-0.4, -0.2) is 5.91 Å². The lowest BCUT2D eigenvalue weighted by Gasteiger charge is -2.05. The second-order valence-corrected chi connectivity index (χ2v) is 2.86. The fourth-order valence-electron chi connectivity index (χ4n) is 0.948. The second kappa shape index (κ2) is 3.79. The first-order valence-electron chi connectivity index (χ1n) is 3.47. The van der Waals surface area contributed by atoms with Crippen molar-refractivity contribution in [3.8, 4) is 6.07 Å². The van der Waals surface area contributed by atoms with E-state index in [9.17, 15) is 18.0 Å². The van der Waals surface area contributed by atoms with Crippen molar-refractivity contribution in [1.82, 2.24) is 0 Å². The van der Waals surface area contributed by atoms with Crippen molar-refractivity contribution in [1.29, 1.82) is 5.26 Å². The van der Waals surface area contributed by atoms with Crippen LogP contribution < -0.4 is 5.73 Å². The van der Waals surface area contributed by atoms with Crippen molar-refractivity contribution in [2.24, 2.45) is 5.73 Å². The summed E-state index contributed by atoms with van der Waals surface area (Å²) in [4.78, 5) is 10.6. The Morgan fingerprint density at radius 1 is 1.27 bits per heavy atom. The van der Waals surface area contributed by atoms with Crippen LogP contribution >= 0.6 is 11.6 Å². The average molecular weight is 235 g/mol. The van der Waals surface area contributed by atoms with Gasteiger partial charge in [-0.2, -0.15) is 5.26 Å². The molecule has 15 heavy (non-hydrogen) atoms. The highest BCUT2D eigenvalue weighted by molar-refractivity contribution is 6.31. The molecule has 0 saturated carbocycles.